The van der Waals surface area contributed by atoms with Gasteiger partial charge in [-0.1, -0.05) is 45.2 Å². The summed E-state index contributed by atoms with van der Waals surface area (Å²) in [7, 11) is 0. The Morgan fingerprint density at radius 3 is 2.71 bits per heavy atom. The topological polar surface area (TPSA) is 26.3 Å². The Morgan fingerprint density at radius 1 is 1.29 bits per heavy atom. The molecule has 1 unspecified atom stereocenters. The minimum absolute atomic E-state index is 0.592. The van der Waals surface area contributed by atoms with Crippen LogP contribution < -0.4 is 4.74 Å². The van der Waals surface area contributed by atoms with Crippen molar-refractivity contribution in [3.05, 3.63) is 29.8 Å². The van der Waals surface area contributed by atoms with Gasteiger partial charge in [-0.15, -0.1) is 0 Å². The summed E-state index contributed by atoms with van der Waals surface area (Å²) in [6.07, 6.45) is 5.65. The van der Waals surface area contributed by atoms with Crippen LogP contribution in [0, 0.1) is 5.92 Å². The molecule has 0 fully saturated rings. The molecule has 0 aromatic heterocycles. The van der Waals surface area contributed by atoms with Crippen LogP contribution >= 0.6 is 0 Å². The van der Waals surface area contributed by atoms with Gasteiger partial charge < -0.3 is 4.74 Å². The molecule has 1 aromatic carbocycles. The van der Waals surface area contributed by atoms with Gasteiger partial charge in [0.1, 0.15) is 5.75 Å². The van der Waals surface area contributed by atoms with E-state index in [9.17, 15) is 4.79 Å². The number of para-hydroxylation sites is 1. The first-order valence-electron chi connectivity index (χ1n) is 6.48. The second-order valence-electron chi connectivity index (χ2n) is 4.38. The van der Waals surface area contributed by atoms with Gasteiger partial charge in [0.05, 0.1) is 12.2 Å². The van der Waals surface area contributed by atoms with Crippen molar-refractivity contribution in [3.63, 3.8) is 0 Å². The number of rotatable bonds is 8. The lowest BCUT2D eigenvalue weighted by molar-refractivity contribution is 0.111. The van der Waals surface area contributed by atoms with Gasteiger partial charge in [-0.05, 0) is 24.5 Å². The Labute approximate surface area is 104 Å². The highest BCUT2D eigenvalue weighted by Gasteiger charge is 2.08. The molecule has 0 aliphatic heterocycles. The van der Waals surface area contributed by atoms with E-state index in [2.05, 4.69) is 13.8 Å². The maximum atomic E-state index is 10.8. The highest BCUT2D eigenvalue weighted by Crippen LogP contribution is 2.19. The van der Waals surface area contributed by atoms with Gasteiger partial charge >= 0.3 is 0 Å². The summed E-state index contributed by atoms with van der Waals surface area (Å²) in [6.45, 7) is 5.10. The second-order valence-corrected chi connectivity index (χ2v) is 4.38. The molecule has 0 radical (unpaired) electrons. The molecule has 2 nitrogen and oxygen atoms in total. The van der Waals surface area contributed by atoms with Crippen LogP contribution in [0.2, 0.25) is 0 Å². The first-order chi connectivity index (χ1) is 8.31. The Balaban J connectivity index is 2.50. The molecular formula is C15H22O2. The lowest BCUT2D eigenvalue weighted by Crippen LogP contribution is -2.12. The first-order valence-corrected chi connectivity index (χ1v) is 6.48. The molecule has 0 spiro atoms. The van der Waals surface area contributed by atoms with Gasteiger partial charge in [-0.3, -0.25) is 4.79 Å². The van der Waals surface area contributed by atoms with Crippen molar-refractivity contribution >= 4 is 6.29 Å². The standard InChI is InChI=1S/C15H22O2/c1-3-5-8-13(4-2)12-17-15-10-7-6-9-14(15)11-16/h6-7,9-11,13H,3-5,8,12H2,1-2H3. The number of aldehydes is 1. The lowest BCUT2D eigenvalue weighted by atomic mass is 10.0. The summed E-state index contributed by atoms with van der Waals surface area (Å²) in [5, 5.41) is 0. The summed E-state index contributed by atoms with van der Waals surface area (Å²) in [5.41, 5.74) is 0.637. The average Bonchev–Trinajstić information content (AvgIpc) is 2.39. The predicted molar refractivity (Wildman–Crippen MR) is 70.6 cm³/mol. The molecule has 0 heterocycles. The second kappa shape index (κ2) is 7.88. The lowest BCUT2D eigenvalue weighted by Gasteiger charge is -2.16. The molecule has 1 aromatic rings. The van der Waals surface area contributed by atoms with Crippen molar-refractivity contribution in [3.8, 4) is 5.75 Å². The number of carbonyl (C=O) groups excluding carboxylic acids is 1. The SMILES string of the molecule is CCCCC(CC)COc1ccccc1C=O. The molecule has 1 rings (SSSR count). The normalized spacial score (nSPS) is 12.1. The van der Waals surface area contributed by atoms with Gasteiger partial charge in [-0.2, -0.15) is 0 Å². The molecule has 94 valence electrons. The number of carbonyl (C=O) groups is 1. The summed E-state index contributed by atoms with van der Waals surface area (Å²) in [4.78, 5) is 10.8. The van der Waals surface area contributed by atoms with Gasteiger partial charge in [0, 0.05) is 0 Å². The Morgan fingerprint density at radius 2 is 2.06 bits per heavy atom. The van der Waals surface area contributed by atoms with Crippen LogP contribution in [0.4, 0.5) is 0 Å². The van der Waals surface area contributed by atoms with E-state index in [0.29, 0.717) is 23.8 Å². The molecule has 17 heavy (non-hydrogen) atoms. The highest BCUT2D eigenvalue weighted by molar-refractivity contribution is 5.79. The number of hydrogen-bond acceptors (Lipinski definition) is 2. The zero-order valence-electron chi connectivity index (χ0n) is 10.8. The molecule has 0 N–H and O–H groups in total. The van der Waals surface area contributed by atoms with Gasteiger partial charge in [0.25, 0.3) is 0 Å². The van der Waals surface area contributed by atoms with Crippen LogP contribution in [0.15, 0.2) is 24.3 Å². The fraction of sp³-hybridized carbons (Fsp3) is 0.533. The summed E-state index contributed by atoms with van der Waals surface area (Å²) in [5.74, 6) is 1.30. The molecular weight excluding hydrogens is 212 g/mol. The van der Waals surface area contributed by atoms with E-state index < -0.39 is 0 Å². The van der Waals surface area contributed by atoms with E-state index in [0.717, 1.165) is 12.7 Å². The van der Waals surface area contributed by atoms with E-state index in [1.54, 1.807) is 6.07 Å². The van der Waals surface area contributed by atoms with E-state index >= 15 is 0 Å². The quantitative estimate of drug-likeness (QED) is 0.633. The minimum atomic E-state index is 0.592. The van der Waals surface area contributed by atoms with Crippen molar-refractivity contribution in [2.75, 3.05) is 6.61 Å². The summed E-state index contributed by atoms with van der Waals surface area (Å²) < 4.78 is 5.75. The maximum absolute atomic E-state index is 10.8. The van der Waals surface area contributed by atoms with Gasteiger partial charge in [-0.25, -0.2) is 0 Å². The molecule has 2 heteroatoms. The Hall–Kier alpha value is -1.31. The van der Waals surface area contributed by atoms with Crippen LogP contribution in [0.25, 0.3) is 0 Å². The smallest absolute Gasteiger partial charge is 0.153 e. The Kier molecular flexibility index (Phi) is 6.38. The van der Waals surface area contributed by atoms with E-state index in [-0.39, 0.29) is 0 Å². The minimum Gasteiger partial charge on any atom is -0.493 e. The third-order valence-electron chi connectivity index (χ3n) is 3.06. The van der Waals surface area contributed by atoms with Crippen LogP contribution in [-0.4, -0.2) is 12.9 Å². The summed E-state index contributed by atoms with van der Waals surface area (Å²) in [6, 6.07) is 7.39. The number of unbranched alkanes of at least 4 members (excludes halogenated alkanes) is 1. The van der Waals surface area contributed by atoms with Crippen LogP contribution in [0.3, 0.4) is 0 Å². The molecule has 0 aliphatic rings. The van der Waals surface area contributed by atoms with Crippen molar-refractivity contribution < 1.29 is 9.53 Å². The largest absolute Gasteiger partial charge is 0.493 e. The van der Waals surface area contributed by atoms with E-state index in [1.807, 2.05) is 18.2 Å². The van der Waals surface area contributed by atoms with E-state index in [4.69, 9.17) is 4.74 Å². The third kappa shape index (κ3) is 4.59. The fourth-order valence-electron chi connectivity index (χ4n) is 1.82. The van der Waals surface area contributed by atoms with Crippen molar-refractivity contribution in [2.45, 2.75) is 39.5 Å². The highest BCUT2D eigenvalue weighted by atomic mass is 16.5. The van der Waals surface area contributed by atoms with Crippen LogP contribution in [0.1, 0.15) is 49.9 Å². The van der Waals surface area contributed by atoms with Gasteiger partial charge in [0.15, 0.2) is 6.29 Å². The molecule has 0 bridgehead atoms. The third-order valence-corrected chi connectivity index (χ3v) is 3.06. The maximum Gasteiger partial charge on any atom is 0.153 e. The van der Waals surface area contributed by atoms with Crippen molar-refractivity contribution in [1.29, 1.82) is 0 Å². The molecule has 0 saturated heterocycles. The number of hydrogen-bond donors (Lipinski definition) is 0. The number of ether oxygens (including phenoxy) is 1. The molecule has 0 aliphatic carbocycles. The fourth-order valence-corrected chi connectivity index (χ4v) is 1.82. The zero-order valence-corrected chi connectivity index (χ0v) is 10.8. The predicted octanol–water partition coefficient (Wildman–Crippen LogP) is 4.09. The molecule has 1 atom stereocenters. The average molecular weight is 234 g/mol. The van der Waals surface area contributed by atoms with Crippen molar-refractivity contribution in [1.82, 2.24) is 0 Å². The molecule has 0 saturated carbocycles. The zero-order chi connectivity index (χ0) is 12.5. The monoisotopic (exact) mass is 234 g/mol. The van der Waals surface area contributed by atoms with Crippen LogP contribution in [0.5, 0.6) is 5.75 Å². The Bertz CT molecular complexity index is 333. The van der Waals surface area contributed by atoms with Gasteiger partial charge in [0.2, 0.25) is 0 Å². The number of benzene rings is 1. The first kappa shape index (κ1) is 13.8. The van der Waals surface area contributed by atoms with Crippen molar-refractivity contribution in [2.24, 2.45) is 5.92 Å². The van der Waals surface area contributed by atoms with Crippen LogP contribution in [-0.2, 0) is 0 Å². The molecule has 0 amide bonds. The summed E-state index contributed by atoms with van der Waals surface area (Å²) >= 11 is 0. The van der Waals surface area contributed by atoms with E-state index in [1.165, 1.54) is 19.3 Å².